The SMILES string of the molecule is Cc1nn(C)c(N(CCO)CC(F)(F)F)c1C(N)=S. The van der Waals surface area contributed by atoms with E-state index < -0.39 is 19.3 Å². The summed E-state index contributed by atoms with van der Waals surface area (Å²) in [6, 6.07) is 0. The third kappa shape index (κ3) is 3.80. The summed E-state index contributed by atoms with van der Waals surface area (Å²) in [5.74, 6) is 0.163. The monoisotopic (exact) mass is 296 g/mol. The van der Waals surface area contributed by atoms with Gasteiger partial charge in [-0.25, -0.2) is 0 Å². The van der Waals surface area contributed by atoms with Crippen LogP contribution in [-0.2, 0) is 7.05 Å². The molecular formula is C10H15F3N4OS. The van der Waals surface area contributed by atoms with E-state index in [9.17, 15) is 13.2 Å². The second kappa shape index (κ2) is 5.74. The lowest BCUT2D eigenvalue weighted by molar-refractivity contribution is -0.120. The van der Waals surface area contributed by atoms with Crippen molar-refractivity contribution in [2.45, 2.75) is 13.1 Å². The fourth-order valence-electron chi connectivity index (χ4n) is 1.89. The van der Waals surface area contributed by atoms with Crippen molar-refractivity contribution in [3.63, 3.8) is 0 Å². The van der Waals surface area contributed by atoms with E-state index in [1.807, 2.05) is 0 Å². The molecule has 0 amide bonds. The van der Waals surface area contributed by atoms with E-state index in [0.29, 0.717) is 11.3 Å². The molecule has 1 aromatic heterocycles. The van der Waals surface area contributed by atoms with Crippen molar-refractivity contribution in [3.05, 3.63) is 11.3 Å². The van der Waals surface area contributed by atoms with Gasteiger partial charge in [-0.1, -0.05) is 12.2 Å². The highest BCUT2D eigenvalue weighted by molar-refractivity contribution is 7.80. The Morgan fingerprint density at radius 3 is 2.53 bits per heavy atom. The first-order valence-corrected chi connectivity index (χ1v) is 5.84. The van der Waals surface area contributed by atoms with Crippen LogP contribution in [0.3, 0.4) is 0 Å². The molecule has 1 rings (SSSR count). The van der Waals surface area contributed by atoms with Crippen LogP contribution in [0.5, 0.6) is 0 Å². The summed E-state index contributed by atoms with van der Waals surface area (Å²) in [4.78, 5) is 0.944. The molecule has 0 aliphatic carbocycles. The van der Waals surface area contributed by atoms with Crippen LogP contribution in [0.2, 0.25) is 0 Å². The molecule has 0 aromatic carbocycles. The van der Waals surface area contributed by atoms with E-state index in [4.69, 9.17) is 23.1 Å². The minimum atomic E-state index is -4.40. The quantitative estimate of drug-likeness (QED) is 0.784. The number of rotatable bonds is 5. The van der Waals surface area contributed by atoms with Crippen molar-refractivity contribution >= 4 is 23.0 Å². The molecule has 0 saturated heterocycles. The number of aliphatic hydroxyl groups excluding tert-OH is 1. The fourth-order valence-corrected chi connectivity index (χ4v) is 2.13. The van der Waals surface area contributed by atoms with Gasteiger partial charge in [0, 0.05) is 13.6 Å². The van der Waals surface area contributed by atoms with Crippen molar-refractivity contribution in [1.29, 1.82) is 0 Å². The smallest absolute Gasteiger partial charge is 0.395 e. The molecule has 108 valence electrons. The third-order valence-electron chi connectivity index (χ3n) is 2.48. The lowest BCUT2D eigenvalue weighted by Crippen LogP contribution is -2.38. The molecule has 0 aliphatic rings. The van der Waals surface area contributed by atoms with Crippen molar-refractivity contribution in [2.75, 3.05) is 24.6 Å². The molecular weight excluding hydrogens is 281 g/mol. The Labute approximate surface area is 113 Å². The van der Waals surface area contributed by atoms with E-state index in [2.05, 4.69) is 5.10 Å². The Morgan fingerprint density at radius 2 is 2.11 bits per heavy atom. The summed E-state index contributed by atoms with van der Waals surface area (Å²) in [5, 5.41) is 12.9. The third-order valence-corrected chi connectivity index (χ3v) is 2.68. The maximum atomic E-state index is 12.6. The van der Waals surface area contributed by atoms with Gasteiger partial charge in [-0.15, -0.1) is 0 Å². The van der Waals surface area contributed by atoms with Crippen molar-refractivity contribution in [2.24, 2.45) is 12.8 Å². The lowest BCUT2D eigenvalue weighted by Gasteiger charge is -2.26. The Kier molecular flexibility index (Phi) is 4.75. The van der Waals surface area contributed by atoms with Gasteiger partial charge in [0.2, 0.25) is 0 Å². The van der Waals surface area contributed by atoms with Crippen LogP contribution in [0.1, 0.15) is 11.3 Å². The number of aryl methyl sites for hydroxylation is 2. The number of halogens is 3. The molecule has 19 heavy (non-hydrogen) atoms. The Bertz CT molecular complexity index is 472. The van der Waals surface area contributed by atoms with E-state index >= 15 is 0 Å². The highest BCUT2D eigenvalue weighted by Crippen LogP contribution is 2.26. The number of aromatic nitrogens is 2. The van der Waals surface area contributed by atoms with Gasteiger partial charge in [0.05, 0.1) is 17.9 Å². The second-order valence-corrected chi connectivity index (χ2v) is 4.47. The minimum Gasteiger partial charge on any atom is -0.395 e. The topological polar surface area (TPSA) is 67.3 Å². The summed E-state index contributed by atoms with van der Waals surface area (Å²) in [6.45, 7) is -0.198. The van der Waals surface area contributed by atoms with Crippen LogP contribution in [0.15, 0.2) is 0 Å². The number of aliphatic hydroxyl groups is 1. The van der Waals surface area contributed by atoms with Crippen LogP contribution in [-0.4, -0.2) is 45.7 Å². The zero-order valence-corrected chi connectivity index (χ0v) is 11.3. The molecule has 0 unspecified atom stereocenters. The first kappa shape index (κ1) is 15.7. The predicted molar refractivity (Wildman–Crippen MR) is 69.2 cm³/mol. The van der Waals surface area contributed by atoms with Crippen LogP contribution in [0.25, 0.3) is 0 Å². The van der Waals surface area contributed by atoms with Crippen molar-refractivity contribution < 1.29 is 18.3 Å². The van der Waals surface area contributed by atoms with Crippen LogP contribution < -0.4 is 10.6 Å². The van der Waals surface area contributed by atoms with Gasteiger partial charge in [0.15, 0.2) is 0 Å². The number of hydrogen-bond donors (Lipinski definition) is 2. The number of thiocarbonyl (C=S) groups is 1. The average molecular weight is 296 g/mol. The van der Waals surface area contributed by atoms with Crippen molar-refractivity contribution in [1.82, 2.24) is 9.78 Å². The highest BCUT2D eigenvalue weighted by Gasteiger charge is 2.33. The summed E-state index contributed by atoms with van der Waals surface area (Å²) in [6.07, 6.45) is -4.40. The van der Waals surface area contributed by atoms with Gasteiger partial charge in [0.25, 0.3) is 0 Å². The van der Waals surface area contributed by atoms with E-state index in [1.54, 1.807) is 6.92 Å². The van der Waals surface area contributed by atoms with Gasteiger partial charge in [0.1, 0.15) is 17.4 Å². The number of alkyl halides is 3. The number of nitrogens with zero attached hydrogens (tertiary/aromatic N) is 3. The maximum Gasteiger partial charge on any atom is 0.405 e. The van der Waals surface area contributed by atoms with Gasteiger partial charge >= 0.3 is 6.18 Å². The van der Waals surface area contributed by atoms with E-state index in [-0.39, 0.29) is 17.4 Å². The highest BCUT2D eigenvalue weighted by atomic mass is 32.1. The Balaban J connectivity index is 3.26. The standard InChI is InChI=1S/C10H15F3N4OS/c1-6-7(8(14)19)9(16(2)15-6)17(3-4-18)5-10(11,12)13/h18H,3-5H2,1-2H3,(H2,14,19). The van der Waals surface area contributed by atoms with Gasteiger partial charge in [-0.3, -0.25) is 4.68 Å². The first-order chi connectivity index (χ1) is 8.67. The Hall–Kier alpha value is -1.35. The summed E-state index contributed by atoms with van der Waals surface area (Å²) in [7, 11) is 1.50. The molecule has 1 heterocycles. The van der Waals surface area contributed by atoms with Gasteiger partial charge in [-0.2, -0.15) is 18.3 Å². The first-order valence-electron chi connectivity index (χ1n) is 5.43. The van der Waals surface area contributed by atoms with Crippen LogP contribution >= 0.6 is 12.2 Å². The molecule has 9 heteroatoms. The molecule has 3 N–H and O–H groups in total. The molecule has 0 saturated carbocycles. The van der Waals surface area contributed by atoms with E-state index in [0.717, 1.165) is 4.90 Å². The maximum absolute atomic E-state index is 12.6. The van der Waals surface area contributed by atoms with Crippen LogP contribution in [0.4, 0.5) is 19.0 Å². The summed E-state index contributed by atoms with van der Waals surface area (Å²) < 4.78 is 39.0. The number of anilines is 1. The minimum absolute atomic E-state index is 0.0225. The number of hydrogen-bond acceptors (Lipinski definition) is 4. The average Bonchev–Trinajstić information content (AvgIpc) is 2.50. The Morgan fingerprint density at radius 1 is 1.53 bits per heavy atom. The molecule has 0 atom stereocenters. The summed E-state index contributed by atoms with van der Waals surface area (Å²) >= 11 is 4.85. The molecule has 0 fully saturated rings. The molecule has 0 bridgehead atoms. The second-order valence-electron chi connectivity index (χ2n) is 4.03. The van der Waals surface area contributed by atoms with Gasteiger partial charge in [-0.05, 0) is 6.92 Å². The molecule has 0 radical (unpaired) electrons. The molecule has 5 nitrogen and oxygen atoms in total. The normalized spacial score (nSPS) is 11.7. The van der Waals surface area contributed by atoms with E-state index in [1.165, 1.54) is 11.7 Å². The summed E-state index contributed by atoms with van der Waals surface area (Å²) in [5.41, 5.74) is 6.29. The zero-order chi connectivity index (χ0) is 14.8. The lowest BCUT2D eigenvalue weighted by atomic mass is 10.2. The van der Waals surface area contributed by atoms with Gasteiger partial charge < -0.3 is 15.7 Å². The largest absolute Gasteiger partial charge is 0.405 e. The fraction of sp³-hybridized carbons (Fsp3) is 0.600. The zero-order valence-electron chi connectivity index (χ0n) is 10.5. The predicted octanol–water partition coefficient (Wildman–Crippen LogP) is 0.724. The molecule has 0 spiro atoms. The number of nitrogens with two attached hydrogens (primary N) is 1. The van der Waals surface area contributed by atoms with Crippen LogP contribution in [0, 0.1) is 6.92 Å². The molecule has 1 aromatic rings. The molecule has 0 aliphatic heterocycles. The van der Waals surface area contributed by atoms with Crippen molar-refractivity contribution in [3.8, 4) is 0 Å².